The minimum atomic E-state index is -1.16. The lowest BCUT2D eigenvalue weighted by Crippen LogP contribution is -2.47. The first-order chi connectivity index (χ1) is 14.1. The van der Waals surface area contributed by atoms with E-state index in [9.17, 15) is 19.8 Å². The lowest BCUT2D eigenvalue weighted by atomic mass is 10.0. The molecule has 0 spiro atoms. The van der Waals surface area contributed by atoms with Crippen LogP contribution in [0, 0.1) is 6.92 Å². The Morgan fingerprint density at radius 3 is 2.57 bits per heavy atom. The second-order valence-electron chi connectivity index (χ2n) is 7.62. The maximum atomic E-state index is 12.5. The zero-order valence-electron chi connectivity index (χ0n) is 16.9. The van der Waals surface area contributed by atoms with E-state index in [4.69, 9.17) is 10.5 Å². The molecule has 1 amide bonds. The lowest BCUT2D eigenvalue weighted by Gasteiger charge is -2.27. The van der Waals surface area contributed by atoms with Crippen LogP contribution in [0.1, 0.15) is 40.3 Å². The number of benzene rings is 2. The number of phenols is 1. The Hall–Kier alpha value is -3.81. The van der Waals surface area contributed by atoms with Crippen LogP contribution in [0.2, 0.25) is 0 Å². The number of anilines is 1. The molecule has 0 saturated heterocycles. The Balaban J connectivity index is 1.85. The Bertz CT molecular complexity index is 1140. The molecule has 3 rings (SSSR count). The lowest BCUT2D eigenvalue weighted by molar-refractivity contribution is 0.0696. The van der Waals surface area contributed by atoms with Gasteiger partial charge >= 0.3 is 5.97 Å². The van der Waals surface area contributed by atoms with Crippen molar-refractivity contribution in [3.63, 3.8) is 0 Å². The van der Waals surface area contributed by atoms with Gasteiger partial charge in [-0.15, -0.1) is 0 Å². The number of aromatic hydroxyl groups is 1. The second-order valence-corrected chi connectivity index (χ2v) is 7.62. The maximum absolute atomic E-state index is 12.5. The number of phenolic OH excluding ortho intramolecular Hbond substituents is 1. The molecular formula is C22H23N3O5. The topological polar surface area (TPSA) is 135 Å². The molecule has 30 heavy (non-hydrogen) atoms. The number of nitrogens with two attached hydrogens (primary N) is 1. The highest BCUT2D eigenvalue weighted by molar-refractivity contribution is 6.06. The number of hydrogen-bond acceptors (Lipinski definition) is 6. The first kappa shape index (κ1) is 20.9. The van der Waals surface area contributed by atoms with Crippen LogP contribution in [0.4, 0.5) is 5.69 Å². The van der Waals surface area contributed by atoms with Gasteiger partial charge in [-0.3, -0.25) is 9.78 Å². The molecule has 0 atom stereocenters. The van der Waals surface area contributed by atoms with Crippen molar-refractivity contribution >= 4 is 28.5 Å². The molecule has 8 nitrogen and oxygen atoms in total. The van der Waals surface area contributed by atoms with E-state index in [2.05, 4.69) is 10.3 Å². The summed E-state index contributed by atoms with van der Waals surface area (Å²) in [5.74, 6) is -1.14. The van der Waals surface area contributed by atoms with Gasteiger partial charge in [0.2, 0.25) is 0 Å². The third-order valence-electron chi connectivity index (χ3n) is 4.56. The summed E-state index contributed by atoms with van der Waals surface area (Å²) in [5.41, 5.74) is 6.56. The van der Waals surface area contributed by atoms with Gasteiger partial charge in [0, 0.05) is 5.56 Å². The number of aryl methyl sites for hydroxylation is 1. The smallest absolute Gasteiger partial charge is 0.339 e. The van der Waals surface area contributed by atoms with E-state index in [0.717, 1.165) is 0 Å². The van der Waals surface area contributed by atoms with Crippen LogP contribution < -0.4 is 15.8 Å². The van der Waals surface area contributed by atoms with Crippen molar-refractivity contribution in [3.05, 3.63) is 59.3 Å². The summed E-state index contributed by atoms with van der Waals surface area (Å²) in [7, 11) is 0. The number of hydrogen-bond donors (Lipinski definition) is 4. The highest BCUT2D eigenvalue weighted by atomic mass is 16.5. The fraction of sp³-hybridized carbons (Fsp3) is 0.227. The highest BCUT2D eigenvalue weighted by Crippen LogP contribution is 2.33. The van der Waals surface area contributed by atoms with Gasteiger partial charge in [-0.2, -0.15) is 0 Å². The summed E-state index contributed by atoms with van der Waals surface area (Å²) < 4.78 is 5.92. The average molecular weight is 409 g/mol. The maximum Gasteiger partial charge on any atom is 0.339 e. The van der Waals surface area contributed by atoms with Crippen LogP contribution in [0.15, 0.2) is 42.5 Å². The number of aromatic nitrogens is 1. The average Bonchev–Trinajstić information content (AvgIpc) is 2.65. The van der Waals surface area contributed by atoms with Crippen molar-refractivity contribution in [3.8, 4) is 11.5 Å². The minimum Gasteiger partial charge on any atom is -0.508 e. The number of carbonyl (C=O) groups is 2. The van der Waals surface area contributed by atoms with Crippen molar-refractivity contribution in [1.29, 1.82) is 0 Å². The monoisotopic (exact) mass is 409 g/mol. The third-order valence-corrected chi connectivity index (χ3v) is 4.56. The van der Waals surface area contributed by atoms with E-state index in [1.54, 1.807) is 51.1 Å². The SMILES string of the molecule is Cc1nc2cccc(OCC(C)(C)NC(=O)c3cccc(O)c3)c2c(N)c1C(=O)O. The third kappa shape index (κ3) is 4.27. The normalized spacial score (nSPS) is 11.3. The van der Waals surface area contributed by atoms with Crippen LogP contribution in [-0.2, 0) is 0 Å². The van der Waals surface area contributed by atoms with Gasteiger partial charge in [0.1, 0.15) is 23.7 Å². The Morgan fingerprint density at radius 1 is 1.20 bits per heavy atom. The first-order valence-electron chi connectivity index (χ1n) is 9.25. The standard InChI is InChI=1S/C22H23N3O5/c1-12-17(21(28)29)19(23)18-15(24-12)8-5-9-16(18)30-11-22(2,3)25-20(27)13-6-4-7-14(26)10-13/h4-10,26H,11H2,1-3H3,(H2,23,24)(H,25,27)(H,28,29). The number of carboxylic acid groups (broad SMARTS) is 1. The predicted molar refractivity (Wildman–Crippen MR) is 113 cm³/mol. The summed E-state index contributed by atoms with van der Waals surface area (Å²) in [4.78, 5) is 28.4. The summed E-state index contributed by atoms with van der Waals surface area (Å²) >= 11 is 0. The molecule has 0 aliphatic carbocycles. The van der Waals surface area contributed by atoms with E-state index < -0.39 is 11.5 Å². The van der Waals surface area contributed by atoms with Crippen LogP contribution in [-0.4, -0.2) is 39.2 Å². The van der Waals surface area contributed by atoms with Gasteiger partial charge in [-0.25, -0.2) is 4.79 Å². The van der Waals surface area contributed by atoms with Gasteiger partial charge < -0.3 is 26.0 Å². The molecule has 2 aromatic carbocycles. The number of pyridine rings is 1. The number of nitrogens with zero attached hydrogens (tertiary/aromatic N) is 1. The van der Waals surface area contributed by atoms with Crippen molar-refractivity contribution in [2.45, 2.75) is 26.3 Å². The number of amides is 1. The van der Waals surface area contributed by atoms with Crippen molar-refractivity contribution < 1.29 is 24.5 Å². The number of nitrogen functional groups attached to an aromatic ring is 1. The van der Waals surface area contributed by atoms with E-state index in [1.807, 2.05) is 0 Å². The highest BCUT2D eigenvalue weighted by Gasteiger charge is 2.24. The second kappa shape index (κ2) is 7.90. The van der Waals surface area contributed by atoms with E-state index in [-0.39, 0.29) is 29.5 Å². The molecule has 1 heterocycles. The molecule has 0 aliphatic heterocycles. The number of nitrogens with one attached hydrogen (secondary N) is 1. The van der Waals surface area contributed by atoms with Crippen LogP contribution in [0.25, 0.3) is 10.9 Å². The molecule has 156 valence electrons. The Morgan fingerprint density at radius 2 is 1.90 bits per heavy atom. The number of carboxylic acids is 1. The van der Waals surface area contributed by atoms with Gasteiger partial charge in [0.25, 0.3) is 5.91 Å². The van der Waals surface area contributed by atoms with E-state index >= 15 is 0 Å². The van der Waals surface area contributed by atoms with Crippen LogP contribution in [0.5, 0.6) is 11.5 Å². The fourth-order valence-electron chi connectivity index (χ4n) is 3.15. The summed E-state index contributed by atoms with van der Waals surface area (Å²) in [5, 5.41) is 22.3. The van der Waals surface area contributed by atoms with Gasteiger partial charge in [-0.05, 0) is 51.1 Å². The zero-order chi connectivity index (χ0) is 22.1. The van der Waals surface area contributed by atoms with E-state index in [0.29, 0.717) is 27.9 Å². The zero-order valence-corrected chi connectivity index (χ0v) is 16.9. The molecule has 0 bridgehead atoms. The number of rotatable bonds is 6. The molecule has 0 radical (unpaired) electrons. The molecule has 0 aliphatic rings. The van der Waals surface area contributed by atoms with Crippen molar-refractivity contribution in [2.75, 3.05) is 12.3 Å². The van der Waals surface area contributed by atoms with Gasteiger partial charge in [0.05, 0.1) is 27.8 Å². The fourth-order valence-corrected chi connectivity index (χ4v) is 3.15. The van der Waals surface area contributed by atoms with Crippen LogP contribution >= 0.6 is 0 Å². The molecule has 0 unspecified atom stereocenters. The van der Waals surface area contributed by atoms with Gasteiger partial charge in [0.15, 0.2) is 0 Å². The van der Waals surface area contributed by atoms with Crippen LogP contribution in [0.3, 0.4) is 0 Å². The largest absolute Gasteiger partial charge is 0.508 e. The number of carbonyl (C=O) groups excluding carboxylic acids is 1. The Labute approximate surface area is 173 Å². The summed E-state index contributed by atoms with van der Waals surface area (Å²) in [6.07, 6.45) is 0. The minimum absolute atomic E-state index is 0.0000326. The van der Waals surface area contributed by atoms with E-state index in [1.165, 1.54) is 12.1 Å². The molecule has 3 aromatic rings. The summed E-state index contributed by atoms with van der Waals surface area (Å²) in [6.45, 7) is 5.25. The number of ether oxygens (including phenoxy) is 1. The molecular weight excluding hydrogens is 386 g/mol. The molecule has 5 N–H and O–H groups in total. The van der Waals surface area contributed by atoms with Crippen molar-refractivity contribution in [1.82, 2.24) is 10.3 Å². The number of fused-ring (bicyclic) bond motifs is 1. The molecule has 1 aromatic heterocycles. The van der Waals surface area contributed by atoms with Crippen molar-refractivity contribution in [2.24, 2.45) is 0 Å². The first-order valence-corrected chi connectivity index (χ1v) is 9.25. The summed E-state index contributed by atoms with van der Waals surface area (Å²) in [6, 6.07) is 11.2. The Kier molecular flexibility index (Phi) is 5.51. The molecule has 0 fully saturated rings. The quantitative estimate of drug-likeness (QED) is 0.491. The predicted octanol–water partition coefficient (Wildman–Crippen LogP) is 3.12. The molecule has 8 heteroatoms. The molecule has 0 saturated carbocycles. The number of aromatic carboxylic acids is 1. The van der Waals surface area contributed by atoms with Gasteiger partial charge in [-0.1, -0.05) is 12.1 Å².